The number of ether oxygens (including phenoxy) is 2. The molecule has 0 heterocycles. The Bertz CT molecular complexity index is 2650. The van der Waals surface area contributed by atoms with Crippen molar-refractivity contribution in [3.05, 3.63) is 119 Å². The van der Waals surface area contributed by atoms with E-state index in [1.807, 2.05) is 0 Å². The van der Waals surface area contributed by atoms with Crippen molar-refractivity contribution >= 4 is 41.8 Å². The molecule has 0 fully saturated rings. The molecule has 0 aliphatic rings. The van der Waals surface area contributed by atoms with Gasteiger partial charge in [0.15, 0.2) is 23.3 Å². The highest BCUT2D eigenvalue weighted by molar-refractivity contribution is 7.86. The van der Waals surface area contributed by atoms with E-state index >= 15 is 35.1 Å². The molecule has 0 saturated heterocycles. The van der Waals surface area contributed by atoms with Crippen LogP contribution in [0.4, 0.5) is 35.1 Å². The molecule has 0 aliphatic carbocycles. The van der Waals surface area contributed by atoms with Gasteiger partial charge in [0.1, 0.15) is 11.5 Å². The van der Waals surface area contributed by atoms with Crippen LogP contribution in [0.15, 0.2) is 76.5 Å². The highest BCUT2D eigenvalue weighted by atomic mass is 32.2. The van der Waals surface area contributed by atoms with Crippen LogP contribution in [-0.2, 0) is 20.2 Å². The summed E-state index contributed by atoms with van der Waals surface area (Å²) in [4.78, 5) is -1.43. The third-order valence-corrected chi connectivity index (χ3v) is 9.22. The van der Waals surface area contributed by atoms with Gasteiger partial charge in [-0.2, -0.15) is 34.4 Å². The van der Waals surface area contributed by atoms with Crippen molar-refractivity contribution < 1.29 is 70.5 Å². The van der Waals surface area contributed by atoms with Crippen LogP contribution in [-0.4, -0.2) is 25.9 Å². The minimum Gasteiger partial charge on any atom is -0.450 e. The molecule has 0 amide bonds. The summed E-state index contributed by atoms with van der Waals surface area (Å²) < 4.78 is 199. The van der Waals surface area contributed by atoms with E-state index in [0.29, 0.717) is 6.07 Å². The van der Waals surface area contributed by atoms with Crippen molar-refractivity contribution in [2.24, 2.45) is 0 Å². The van der Waals surface area contributed by atoms with Gasteiger partial charge in [-0.3, -0.25) is 9.11 Å². The average Bonchev–Trinajstić information content (AvgIpc) is 3.06. The SMILES string of the molecule is Cc1cc(Oc2c(F)c(F)c(-c3c(F)c(F)c(Oc4cc(S(=O)(=O)O)cc5ccccc45)c(F)c3F)c(F)c2F)c2ccc(S(=O)(=O)O)cc2c1. The Morgan fingerprint density at radius 1 is 0.490 bits per heavy atom. The molecular weight excluding hydrogens is 740 g/mol. The van der Waals surface area contributed by atoms with E-state index in [-0.39, 0.29) is 27.1 Å². The molecular formula is C33H16F8O8S2. The first kappa shape index (κ1) is 35.5. The second kappa shape index (κ2) is 12.5. The standard InChI is InChI=1S/C33H16F8O8S2/c1-13-8-15-11-16(50(42,43)44)6-7-19(15)20(9-13)48-32-28(38)24(34)22(25(35)29(32)39)23-26(36)30(40)33(31(41)27(23)37)49-21-12-17(51(45,46)47)10-14-4-2-3-5-18(14)21/h2-12H,1H3,(H,42,43,44)(H,45,46,47). The fourth-order valence-corrected chi connectivity index (χ4v) is 6.29. The first-order chi connectivity index (χ1) is 23.8. The number of benzene rings is 6. The summed E-state index contributed by atoms with van der Waals surface area (Å²) in [6.45, 7) is 1.42. The van der Waals surface area contributed by atoms with E-state index < -0.39 is 111 Å². The van der Waals surface area contributed by atoms with Crippen molar-refractivity contribution in [3.63, 3.8) is 0 Å². The second-order valence-electron chi connectivity index (χ2n) is 10.9. The lowest BCUT2D eigenvalue weighted by Gasteiger charge is -2.17. The molecule has 2 N–H and O–H groups in total. The van der Waals surface area contributed by atoms with Gasteiger partial charge in [0.05, 0.1) is 20.9 Å². The summed E-state index contributed by atoms with van der Waals surface area (Å²) in [6, 6.07) is 12.2. The Balaban J connectivity index is 1.48. The maximum Gasteiger partial charge on any atom is 0.294 e. The highest BCUT2D eigenvalue weighted by Crippen LogP contribution is 2.45. The van der Waals surface area contributed by atoms with E-state index in [0.717, 1.165) is 30.3 Å². The topological polar surface area (TPSA) is 127 Å². The zero-order valence-corrected chi connectivity index (χ0v) is 26.7. The molecule has 18 heteroatoms. The van der Waals surface area contributed by atoms with E-state index in [2.05, 4.69) is 0 Å². The molecule has 0 atom stereocenters. The van der Waals surface area contributed by atoms with Crippen LogP contribution in [0.3, 0.4) is 0 Å². The van der Waals surface area contributed by atoms with E-state index in [4.69, 9.17) is 9.47 Å². The Hall–Kier alpha value is -5.30. The molecule has 6 rings (SSSR count). The molecule has 6 aromatic rings. The number of rotatable bonds is 7. The maximum atomic E-state index is 15.4. The van der Waals surface area contributed by atoms with Crippen molar-refractivity contribution in [3.8, 4) is 34.1 Å². The predicted octanol–water partition coefficient (Wildman–Crippen LogP) is 9.16. The fourth-order valence-electron chi connectivity index (χ4n) is 5.24. The normalized spacial score (nSPS) is 12.1. The summed E-state index contributed by atoms with van der Waals surface area (Å²) >= 11 is 0. The van der Waals surface area contributed by atoms with Crippen LogP contribution in [0, 0.1) is 53.5 Å². The minimum atomic E-state index is -4.96. The molecule has 0 bridgehead atoms. The third kappa shape index (κ3) is 6.19. The van der Waals surface area contributed by atoms with E-state index in [1.165, 1.54) is 37.3 Å². The number of aryl methyl sites for hydroxylation is 1. The van der Waals surface area contributed by atoms with Crippen LogP contribution in [0.5, 0.6) is 23.0 Å². The molecule has 264 valence electrons. The lowest BCUT2D eigenvalue weighted by atomic mass is 10.0. The number of fused-ring (bicyclic) bond motifs is 2. The molecule has 0 aromatic heterocycles. The summed E-state index contributed by atoms with van der Waals surface area (Å²) in [5, 5.41) is -0.123. The summed E-state index contributed by atoms with van der Waals surface area (Å²) in [7, 11) is -9.66. The third-order valence-electron chi connectivity index (χ3n) is 7.54. The Morgan fingerprint density at radius 2 is 0.922 bits per heavy atom. The second-order valence-corrected chi connectivity index (χ2v) is 13.7. The molecule has 0 saturated carbocycles. The maximum absolute atomic E-state index is 15.4. The Labute approximate surface area is 281 Å². The lowest BCUT2D eigenvalue weighted by Crippen LogP contribution is -2.09. The molecule has 6 aromatic carbocycles. The quantitative estimate of drug-likeness (QED) is 0.0939. The molecule has 8 nitrogen and oxygen atoms in total. The van der Waals surface area contributed by atoms with Gasteiger partial charge in [-0.05, 0) is 53.6 Å². The molecule has 0 unspecified atom stereocenters. The largest absolute Gasteiger partial charge is 0.450 e. The highest BCUT2D eigenvalue weighted by Gasteiger charge is 2.36. The van der Waals surface area contributed by atoms with Crippen molar-refractivity contribution in [1.82, 2.24) is 0 Å². The van der Waals surface area contributed by atoms with Crippen molar-refractivity contribution in [2.45, 2.75) is 16.7 Å². The number of hydrogen-bond donors (Lipinski definition) is 2. The van der Waals surface area contributed by atoms with Crippen LogP contribution in [0.2, 0.25) is 0 Å². The van der Waals surface area contributed by atoms with Gasteiger partial charge in [-0.1, -0.05) is 30.3 Å². The fraction of sp³-hybridized carbons (Fsp3) is 0.0303. The van der Waals surface area contributed by atoms with E-state index in [1.54, 1.807) is 0 Å². The van der Waals surface area contributed by atoms with Gasteiger partial charge in [0.2, 0.25) is 34.8 Å². The minimum absolute atomic E-state index is 0.0138. The zero-order valence-electron chi connectivity index (χ0n) is 25.0. The van der Waals surface area contributed by atoms with Gasteiger partial charge < -0.3 is 9.47 Å². The van der Waals surface area contributed by atoms with Crippen molar-refractivity contribution in [1.29, 1.82) is 0 Å². The van der Waals surface area contributed by atoms with Gasteiger partial charge in [0, 0.05) is 16.8 Å². The monoisotopic (exact) mass is 756 g/mol. The van der Waals surface area contributed by atoms with Gasteiger partial charge in [-0.15, -0.1) is 0 Å². The summed E-state index contributed by atoms with van der Waals surface area (Å²) in [6.07, 6.45) is 0. The Morgan fingerprint density at radius 3 is 1.41 bits per heavy atom. The number of hydrogen-bond acceptors (Lipinski definition) is 6. The molecule has 0 aliphatic heterocycles. The first-order valence-corrected chi connectivity index (χ1v) is 16.8. The van der Waals surface area contributed by atoms with Gasteiger partial charge >= 0.3 is 0 Å². The molecule has 0 spiro atoms. The summed E-state index contributed by atoms with van der Waals surface area (Å²) in [5.74, 6) is -24.9. The molecule has 51 heavy (non-hydrogen) atoms. The van der Waals surface area contributed by atoms with Crippen LogP contribution >= 0.6 is 0 Å². The van der Waals surface area contributed by atoms with Crippen LogP contribution in [0.1, 0.15) is 5.56 Å². The van der Waals surface area contributed by atoms with E-state index in [9.17, 15) is 25.9 Å². The zero-order chi connectivity index (χ0) is 37.3. The van der Waals surface area contributed by atoms with Crippen molar-refractivity contribution in [2.75, 3.05) is 0 Å². The van der Waals surface area contributed by atoms with Crippen LogP contribution < -0.4 is 9.47 Å². The Kier molecular flexibility index (Phi) is 8.69. The number of halogens is 8. The lowest BCUT2D eigenvalue weighted by molar-refractivity contribution is 0.362. The van der Waals surface area contributed by atoms with Crippen LogP contribution in [0.25, 0.3) is 32.7 Å². The summed E-state index contributed by atoms with van der Waals surface area (Å²) in [5.41, 5.74) is -4.19. The first-order valence-electron chi connectivity index (χ1n) is 13.9. The molecule has 0 radical (unpaired) electrons. The smallest absolute Gasteiger partial charge is 0.294 e. The average molecular weight is 757 g/mol. The van der Waals surface area contributed by atoms with Gasteiger partial charge in [-0.25, -0.2) is 17.6 Å². The predicted molar refractivity (Wildman–Crippen MR) is 164 cm³/mol. The van der Waals surface area contributed by atoms with Gasteiger partial charge in [0.25, 0.3) is 20.2 Å².